The number of ether oxygens (including phenoxy) is 1. The van der Waals surface area contributed by atoms with Gasteiger partial charge < -0.3 is 14.5 Å². The summed E-state index contributed by atoms with van der Waals surface area (Å²) in [4.78, 5) is 23.6. The second-order valence-electron chi connectivity index (χ2n) is 6.07. The highest BCUT2D eigenvalue weighted by Gasteiger charge is 2.14. The zero-order valence-corrected chi connectivity index (χ0v) is 17.2. The molecule has 0 aliphatic heterocycles. The number of nitrogens with zero attached hydrogens (tertiary/aromatic N) is 2. The molecule has 0 fully saturated rings. The SMILES string of the molecule is CCn1ncc(Br)c1CNC(=O)c1ccc(COc2ccc(C(C)=O)cc2)o1. The van der Waals surface area contributed by atoms with Crippen LogP contribution in [0, 0.1) is 0 Å². The molecule has 0 unspecified atom stereocenters. The normalized spacial score (nSPS) is 10.7. The number of carbonyl (C=O) groups excluding carboxylic acids is 2. The number of benzene rings is 1. The van der Waals surface area contributed by atoms with E-state index in [-0.39, 0.29) is 24.1 Å². The van der Waals surface area contributed by atoms with E-state index >= 15 is 0 Å². The molecule has 1 amide bonds. The number of nitrogens with one attached hydrogen (secondary N) is 1. The Morgan fingerprint density at radius 3 is 2.64 bits per heavy atom. The van der Waals surface area contributed by atoms with Gasteiger partial charge in [-0.15, -0.1) is 0 Å². The average Bonchev–Trinajstić information content (AvgIpc) is 3.31. The van der Waals surface area contributed by atoms with Crippen molar-refractivity contribution >= 4 is 27.6 Å². The number of aromatic nitrogens is 2. The highest BCUT2D eigenvalue weighted by atomic mass is 79.9. The van der Waals surface area contributed by atoms with Gasteiger partial charge in [0.25, 0.3) is 5.91 Å². The van der Waals surface area contributed by atoms with E-state index in [9.17, 15) is 9.59 Å². The van der Waals surface area contributed by atoms with Crippen LogP contribution in [0.2, 0.25) is 0 Å². The second-order valence-corrected chi connectivity index (χ2v) is 6.93. The maximum Gasteiger partial charge on any atom is 0.287 e. The summed E-state index contributed by atoms with van der Waals surface area (Å²) >= 11 is 3.43. The Kier molecular flexibility index (Phi) is 6.30. The minimum absolute atomic E-state index is 0.00209. The maximum atomic E-state index is 12.3. The van der Waals surface area contributed by atoms with Gasteiger partial charge in [-0.25, -0.2) is 0 Å². The molecule has 0 radical (unpaired) electrons. The third kappa shape index (κ3) is 4.69. The standard InChI is InChI=1S/C20H20BrN3O4/c1-3-24-18(17(21)10-23-24)11-22-20(26)19-9-8-16(28-19)12-27-15-6-4-14(5-7-15)13(2)25/h4-10H,3,11-12H2,1-2H3,(H,22,26). The van der Waals surface area contributed by atoms with E-state index in [1.807, 2.05) is 11.6 Å². The van der Waals surface area contributed by atoms with Crippen molar-refractivity contribution in [3.63, 3.8) is 0 Å². The van der Waals surface area contributed by atoms with E-state index in [1.165, 1.54) is 6.92 Å². The van der Waals surface area contributed by atoms with Crippen LogP contribution in [0.15, 0.2) is 51.5 Å². The van der Waals surface area contributed by atoms with Crippen LogP contribution in [0.5, 0.6) is 5.75 Å². The lowest BCUT2D eigenvalue weighted by Gasteiger charge is -2.07. The smallest absolute Gasteiger partial charge is 0.287 e. The molecule has 0 atom stereocenters. The van der Waals surface area contributed by atoms with Crippen molar-refractivity contribution in [2.24, 2.45) is 0 Å². The fraction of sp³-hybridized carbons (Fsp3) is 0.250. The molecule has 0 spiro atoms. The van der Waals surface area contributed by atoms with Gasteiger partial charge in [0.05, 0.1) is 22.9 Å². The highest BCUT2D eigenvalue weighted by Crippen LogP contribution is 2.17. The molecule has 2 aromatic heterocycles. The van der Waals surface area contributed by atoms with Gasteiger partial charge >= 0.3 is 0 Å². The first kappa shape index (κ1) is 19.9. The Morgan fingerprint density at radius 1 is 1.21 bits per heavy atom. The number of amides is 1. The van der Waals surface area contributed by atoms with Crippen LogP contribution >= 0.6 is 15.9 Å². The maximum absolute atomic E-state index is 12.3. The summed E-state index contributed by atoms with van der Waals surface area (Å²) in [5.41, 5.74) is 1.51. The molecule has 0 bridgehead atoms. The van der Waals surface area contributed by atoms with E-state index in [0.29, 0.717) is 30.2 Å². The number of rotatable bonds is 8. The van der Waals surface area contributed by atoms with Gasteiger partial charge in [0.2, 0.25) is 0 Å². The summed E-state index contributed by atoms with van der Waals surface area (Å²) < 4.78 is 13.8. The largest absolute Gasteiger partial charge is 0.486 e. The summed E-state index contributed by atoms with van der Waals surface area (Å²) in [5.74, 6) is 1.05. The van der Waals surface area contributed by atoms with Crippen LogP contribution in [-0.4, -0.2) is 21.5 Å². The van der Waals surface area contributed by atoms with Crippen molar-refractivity contribution in [2.75, 3.05) is 0 Å². The minimum atomic E-state index is -0.312. The molecule has 8 heteroatoms. The number of halogens is 1. The summed E-state index contributed by atoms with van der Waals surface area (Å²) in [6, 6.07) is 10.2. The lowest BCUT2D eigenvalue weighted by Crippen LogP contribution is -2.24. The van der Waals surface area contributed by atoms with Gasteiger partial charge in [0.15, 0.2) is 11.5 Å². The third-order valence-electron chi connectivity index (χ3n) is 4.14. The highest BCUT2D eigenvalue weighted by molar-refractivity contribution is 9.10. The molecular weight excluding hydrogens is 426 g/mol. The topological polar surface area (TPSA) is 86.4 Å². The quantitative estimate of drug-likeness (QED) is 0.530. The Labute approximate surface area is 170 Å². The van der Waals surface area contributed by atoms with Crippen LogP contribution in [0.1, 0.15) is 46.2 Å². The zero-order chi connectivity index (χ0) is 20.1. The van der Waals surface area contributed by atoms with E-state index in [1.54, 1.807) is 42.6 Å². The number of hydrogen-bond acceptors (Lipinski definition) is 5. The molecule has 0 saturated carbocycles. The van der Waals surface area contributed by atoms with Crippen molar-refractivity contribution in [2.45, 2.75) is 33.5 Å². The van der Waals surface area contributed by atoms with Gasteiger partial charge in [-0.1, -0.05) is 0 Å². The van der Waals surface area contributed by atoms with Crippen LogP contribution in [-0.2, 0) is 19.7 Å². The first-order valence-electron chi connectivity index (χ1n) is 8.78. The average molecular weight is 446 g/mol. The first-order chi connectivity index (χ1) is 13.5. The van der Waals surface area contributed by atoms with Crippen molar-refractivity contribution in [3.8, 4) is 5.75 Å². The fourth-order valence-corrected chi connectivity index (χ4v) is 3.04. The Hall–Kier alpha value is -2.87. The van der Waals surface area contributed by atoms with Gasteiger partial charge in [-0.3, -0.25) is 14.3 Å². The molecule has 0 saturated heterocycles. The lowest BCUT2D eigenvalue weighted by molar-refractivity contribution is 0.0917. The summed E-state index contributed by atoms with van der Waals surface area (Å²) in [5, 5.41) is 7.04. The molecule has 0 aliphatic carbocycles. The van der Waals surface area contributed by atoms with E-state index in [0.717, 1.165) is 10.2 Å². The molecule has 0 aliphatic rings. The van der Waals surface area contributed by atoms with E-state index < -0.39 is 0 Å². The summed E-state index contributed by atoms with van der Waals surface area (Å²) in [6.07, 6.45) is 1.70. The Balaban J connectivity index is 1.55. The molecular formula is C20H20BrN3O4. The number of Topliss-reactive ketones (excluding diaryl/α,β-unsaturated/α-hetero) is 1. The van der Waals surface area contributed by atoms with Gasteiger partial charge in [-0.05, 0) is 66.2 Å². The van der Waals surface area contributed by atoms with Crippen LogP contribution in [0.25, 0.3) is 0 Å². The Morgan fingerprint density at radius 2 is 1.96 bits per heavy atom. The molecule has 28 heavy (non-hydrogen) atoms. The minimum Gasteiger partial charge on any atom is -0.486 e. The molecule has 7 nitrogen and oxygen atoms in total. The number of carbonyl (C=O) groups is 2. The van der Waals surface area contributed by atoms with Gasteiger partial charge in [0, 0.05) is 12.1 Å². The van der Waals surface area contributed by atoms with Crippen molar-refractivity contribution in [3.05, 3.63) is 69.8 Å². The summed E-state index contributed by atoms with van der Waals surface area (Å²) in [6.45, 7) is 4.73. The molecule has 1 aromatic carbocycles. The van der Waals surface area contributed by atoms with Crippen molar-refractivity contribution in [1.82, 2.24) is 15.1 Å². The molecule has 3 rings (SSSR count). The van der Waals surface area contributed by atoms with Gasteiger partial charge in [-0.2, -0.15) is 5.10 Å². The van der Waals surface area contributed by atoms with E-state index in [2.05, 4.69) is 26.3 Å². The second kappa shape index (κ2) is 8.88. The number of aryl methyl sites for hydroxylation is 1. The van der Waals surface area contributed by atoms with Crippen LogP contribution in [0.4, 0.5) is 0 Å². The lowest BCUT2D eigenvalue weighted by atomic mass is 10.1. The van der Waals surface area contributed by atoms with Crippen molar-refractivity contribution < 1.29 is 18.7 Å². The predicted octanol–water partition coefficient (Wildman–Crippen LogP) is 3.97. The molecule has 1 N–H and O–H groups in total. The molecule has 146 valence electrons. The van der Waals surface area contributed by atoms with Crippen LogP contribution in [0.3, 0.4) is 0 Å². The monoisotopic (exact) mass is 445 g/mol. The number of hydrogen-bond donors (Lipinski definition) is 1. The zero-order valence-electron chi connectivity index (χ0n) is 15.6. The number of ketones is 1. The first-order valence-corrected chi connectivity index (χ1v) is 9.58. The Bertz CT molecular complexity index is 976. The third-order valence-corrected chi connectivity index (χ3v) is 4.80. The molecule has 3 aromatic rings. The summed E-state index contributed by atoms with van der Waals surface area (Å²) in [7, 11) is 0. The fourth-order valence-electron chi connectivity index (χ4n) is 2.61. The predicted molar refractivity (Wildman–Crippen MR) is 106 cm³/mol. The van der Waals surface area contributed by atoms with Gasteiger partial charge in [0.1, 0.15) is 18.1 Å². The number of furan rings is 1. The van der Waals surface area contributed by atoms with E-state index in [4.69, 9.17) is 9.15 Å². The van der Waals surface area contributed by atoms with Crippen molar-refractivity contribution in [1.29, 1.82) is 0 Å². The van der Waals surface area contributed by atoms with Crippen LogP contribution < -0.4 is 10.1 Å². The molecule has 2 heterocycles.